The minimum atomic E-state index is -3.77. The molecular formula is C19H28N2O6S. The van der Waals surface area contributed by atoms with Crippen molar-refractivity contribution in [1.82, 2.24) is 4.31 Å². The summed E-state index contributed by atoms with van der Waals surface area (Å²) in [5.41, 5.74) is 0.291. The van der Waals surface area contributed by atoms with Gasteiger partial charge in [-0.05, 0) is 38.0 Å². The fourth-order valence-corrected chi connectivity index (χ4v) is 4.48. The zero-order valence-electron chi connectivity index (χ0n) is 16.6. The molecule has 156 valence electrons. The first-order chi connectivity index (χ1) is 13.3. The van der Waals surface area contributed by atoms with E-state index >= 15 is 0 Å². The van der Waals surface area contributed by atoms with Crippen LogP contribution in [0.25, 0.3) is 0 Å². The van der Waals surface area contributed by atoms with Crippen molar-refractivity contribution in [2.24, 2.45) is 5.92 Å². The molecule has 0 atom stereocenters. The first-order valence-electron chi connectivity index (χ1n) is 9.56. The van der Waals surface area contributed by atoms with E-state index in [0.717, 1.165) is 19.3 Å². The van der Waals surface area contributed by atoms with E-state index in [4.69, 9.17) is 9.47 Å². The number of carbonyl (C=O) groups is 2. The molecule has 0 spiro atoms. The number of anilines is 1. The lowest BCUT2D eigenvalue weighted by Gasteiger charge is -2.23. The van der Waals surface area contributed by atoms with Gasteiger partial charge in [-0.2, -0.15) is 4.31 Å². The molecule has 1 aromatic carbocycles. The molecule has 0 aromatic heterocycles. The van der Waals surface area contributed by atoms with E-state index in [1.165, 1.54) is 16.4 Å². The van der Waals surface area contributed by atoms with E-state index in [-0.39, 0.29) is 22.5 Å². The SMILES string of the molecule is CCOc1ccc(NC(=O)COC(=O)C2CCC2)cc1S(=O)(=O)N(CC)CC. The van der Waals surface area contributed by atoms with E-state index in [1.807, 2.05) is 0 Å². The fourth-order valence-electron chi connectivity index (χ4n) is 2.86. The highest BCUT2D eigenvalue weighted by atomic mass is 32.2. The number of rotatable bonds is 10. The van der Waals surface area contributed by atoms with Crippen LogP contribution in [0, 0.1) is 5.92 Å². The number of hydrogen-bond donors (Lipinski definition) is 1. The first-order valence-corrected chi connectivity index (χ1v) is 11.0. The summed E-state index contributed by atoms with van der Waals surface area (Å²) >= 11 is 0. The summed E-state index contributed by atoms with van der Waals surface area (Å²) in [6.07, 6.45) is 2.60. The van der Waals surface area contributed by atoms with Crippen molar-refractivity contribution in [3.05, 3.63) is 18.2 Å². The van der Waals surface area contributed by atoms with Gasteiger partial charge >= 0.3 is 5.97 Å². The molecule has 1 N–H and O–H groups in total. The molecule has 0 unspecified atom stereocenters. The molecule has 28 heavy (non-hydrogen) atoms. The minimum absolute atomic E-state index is 0.0117. The third-order valence-corrected chi connectivity index (χ3v) is 6.71. The van der Waals surface area contributed by atoms with Crippen LogP contribution in [0.2, 0.25) is 0 Å². The summed E-state index contributed by atoms with van der Waals surface area (Å²) in [6.45, 7) is 5.81. The second-order valence-electron chi connectivity index (χ2n) is 6.47. The number of ether oxygens (including phenoxy) is 2. The van der Waals surface area contributed by atoms with Crippen LogP contribution in [-0.4, -0.2) is 50.9 Å². The molecule has 0 radical (unpaired) electrons. The van der Waals surface area contributed by atoms with Crippen molar-refractivity contribution >= 4 is 27.6 Å². The Morgan fingerprint density at radius 3 is 2.39 bits per heavy atom. The lowest BCUT2D eigenvalue weighted by Crippen LogP contribution is -2.31. The van der Waals surface area contributed by atoms with Crippen LogP contribution in [0.4, 0.5) is 5.69 Å². The van der Waals surface area contributed by atoms with Crippen molar-refractivity contribution in [1.29, 1.82) is 0 Å². The molecule has 0 bridgehead atoms. The van der Waals surface area contributed by atoms with E-state index in [1.54, 1.807) is 26.8 Å². The summed E-state index contributed by atoms with van der Waals surface area (Å²) in [7, 11) is -3.77. The maximum atomic E-state index is 12.9. The average Bonchev–Trinajstić information content (AvgIpc) is 2.60. The molecule has 1 fully saturated rings. The molecule has 8 nitrogen and oxygen atoms in total. The standard InChI is InChI=1S/C19H28N2O6S/c1-4-21(5-2)28(24,25)17-12-15(10-11-16(17)26-6-3)20-18(22)13-27-19(23)14-8-7-9-14/h10-12,14H,4-9,13H2,1-3H3,(H,20,22). The maximum Gasteiger partial charge on any atom is 0.309 e. The molecule has 2 rings (SSSR count). The summed E-state index contributed by atoms with van der Waals surface area (Å²) in [5, 5.41) is 2.57. The number of nitrogens with one attached hydrogen (secondary N) is 1. The molecule has 1 amide bonds. The number of sulfonamides is 1. The van der Waals surface area contributed by atoms with Crippen molar-refractivity contribution < 1.29 is 27.5 Å². The van der Waals surface area contributed by atoms with E-state index in [2.05, 4.69) is 5.32 Å². The topological polar surface area (TPSA) is 102 Å². The van der Waals surface area contributed by atoms with E-state index < -0.39 is 22.5 Å². The van der Waals surface area contributed by atoms with Gasteiger partial charge in [0.15, 0.2) is 6.61 Å². The Morgan fingerprint density at radius 2 is 1.86 bits per heavy atom. The Bertz CT molecular complexity index is 801. The van der Waals surface area contributed by atoms with E-state index in [0.29, 0.717) is 25.4 Å². The molecule has 9 heteroatoms. The number of amides is 1. The van der Waals surface area contributed by atoms with Crippen LogP contribution in [0.15, 0.2) is 23.1 Å². The van der Waals surface area contributed by atoms with E-state index in [9.17, 15) is 18.0 Å². The van der Waals surface area contributed by atoms with Gasteiger partial charge in [0.2, 0.25) is 10.0 Å². The van der Waals surface area contributed by atoms with Gasteiger partial charge in [-0.15, -0.1) is 0 Å². The second-order valence-corrected chi connectivity index (χ2v) is 8.37. The fraction of sp³-hybridized carbons (Fsp3) is 0.579. The smallest absolute Gasteiger partial charge is 0.309 e. The predicted molar refractivity (Wildman–Crippen MR) is 105 cm³/mol. The highest BCUT2D eigenvalue weighted by Gasteiger charge is 2.28. The van der Waals surface area contributed by atoms with Crippen molar-refractivity contribution in [2.45, 2.75) is 44.9 Å². The lowest BCUT2D eigenvalue weighted by atomic mass is 9.86. The molecule has 1 aliphatic rings. The van der Waals surface area contributed by atoms with Crippen LogP contribution in [0.3, 0.4) is 0 Å². The quantitative estimate of drug-likeness (QED) is 0.592. The first kappa shape index (κ1) is 22.2. The number of esters is 1. The van der Waals surface area contributed by atoms with Gasteiger partial charge in [0.25, 0.3) is 5.91 Å². The normalized spacial score (nSPS) is 14.4. The largest absolute Gasteiger partial charge is 0.492 e. The molecule has 0 aliphatic heterocycles. The molecule has 0 heterocycles. The Hall–Kier alpha value is -2.13. The summed E-state index contributed by atoms with van der Waals surface area (Å²) in [4.78, 5) is 23.8. The Labute approximate surface area is 166 Å². The molecule has 1 aromatic rings. The van der Waals surface area contributed by atoms with Crippen molar-refractivity contribution in [3.63, 3.8) is 0 Å². The monoisotopic (exact) mass is 412 g/mol. The lowest BCUT2D eigenvalue weighted by molar-refractivity contribution is -0.154. The minimum Gasteiger partial charge on any atom is -0.492 e. The van der Waals surface area contributed by atoms with Crippen molar-refractivity contribution in [2.75, 3.05) is 31.6 Å². The van der Waals surface area contributed by atoms with Gasteiger partial charge < -0.3 is 14.8 Å². The number of nitrogens with zero attached hydrogens (tertiary/aromatic N) is 1. The zero-order valence-corrected chi connectivity index (χ0v) is 17.4. The Balaban J connectivity index is 2.14. The molecule has 0 saturated heterocycles. The van der Waals surface area contributed by atoms with Gasteiger partial charge in [-0.25, -0.2) is 8.42 Å². The number of benzene rings is 1. The predicted octanol–water partition coefficient (Wildman–Crippen LogP) is 2.40. The van der Waals surface area contributed by atoms with Gasteiger partial charge in [0.1, 0.15) is 10.6 Å². The van der Waals surface area contributed by atoms with Crippen LogP contribution in [0.1, 0.15) is 40.0 Å². The summed E-state index contributed by atoms with van der Waals surface area (Å²) in [6, 6.07) is 4.43. The molecular weight excluding hydrogens is 384 g/mol. The molecule has 1 aliphatic carbocycles. The third kappa shape index (κ3) is 5.23. The second kappa shape index (κ2) is 9.88. The summed E-state index contributed by atoms with van der Waals surface area (Å²) in [5.74, 6) is -0.770. The van der Waals surface area contributed by atoms with Crippen LogP contribution in [-0.2, 0) is 24.3 Å². The zero-order chi connectivity index (χ0) is 20.7. The highest BCUT2D eigenvalue weighted by Crippen LogP contribution is 2.30. The van der Waals surface area contributed by atoms with Crippen molar-refractivity contribution in [3.8, 4) is 5.75 Å². The highest BCUT2D eigenvalue weighted by molar-refractivity contribution is 7.89. The third-order valence-electron chi connectivity index (χ3n) is 4.63. The Kier molecular flexibility index (Phi) is 7.82. The maximum absolute atomic E-state index is 12.9. The van der Waals surface area contributed by atoms with Gasteiger partial charge in [-0.1, -0.05) is 20.3 Å². The van der Waals surface area contributed by atoms with Gasteiger partial charge in [0.05, 0.1) is 12.5 Å². The van der Waals surface area contributed by atoms with Gasteiger partial charge in [0, 0.05) is 18.8 Å². The van der Waals surface area contributed by atoms with Crippen LogP contribution < -0.4 is 10.1 Å². The number of carbonyl (C=O) groups excluding carboxylic acids is 2. The van der Waals surface area contributed by atoms with Crippen LogP contribution >= 0.6 is 0 Å². The average molecular weight is 413 g/mol. The van der Waals surface area contributed by atoms with Crippen LogP contribution in [0.5, 0.6) is 5.75 Å². The Morgan fingerprint density at radius 1 is 1.18 bits per heavy atom. The van der Waals surface area contributed by atoms with Gasteiger partial charge in [-0.3, -0.25) is 9.59 Å². The molecule has 1 saturated carbocycles. The number of hydrogen-bond acceptors (Lipinski definition) is 6. The summed E-state index contributed by atoms with van der Waals surface area (Å²) < 4.78 is 37.6.